The second-order valence-electron chi connectivity index (χ2n) is 6.36. The second-order valence-corrected chi connectivity index (χ2v) is 6.36. The van der Waals surface area contributed by atoms with E-state index in [1.807, 2.05) is 43.3 Å². The molecule has 0 bridgehead atoms. The molecule has 130 valence electrons. The summed E-state index contributed by atoms with van der Waals surface area (Å²) in [6.07, 6.45) is 0.404. The molecular weight excluding hydrogens is 318 g/mol. The Labute approximate surface area is 146 Å². The van der Waals surface area contributed by atoms with Crippen LogP contribution in [0.1, 0.15) is 27.9 Å². The molecule has 1 fully saturated rings. The molecule has 1 aliphatic rings. The van der Waals surface area contributed by atoms with Gasteiger partial charge in [0.25, 0.3) is 5.91 Å². The van der Waals surface area contributed by atoms with Crippen molar-refractivity contribution in [3.8, 4) is 5.75 Å². The molecule has 1 N–H and O–H groups in total. The highest BCUT2D eigenvalue weighted by Crippen LogP contribution is 2.36. The highest BCUT2D eigenvalue weighted by molar-refractivity contribution is 5.97. The molecule has 25 heavy (non-hydrogen) atoms. The molecule has 0 radical (unpaired) electrons. The number of amides is 1. The van der Waals surface area contributed by atoms with E-state index in [2.05, 4.69) is 0 Å². The summed E-state index contributed by atoms with van der Waals surface area (Å²) in [5.74, 6) is -0.399. The Hall–Kier alpha value is -2.82. The van der Waals surface area contributed by atoms with Crippen LogP contribution >= 0.6 is 0 Å². The summed E-state index contributed by atoms with van der Waals surface area (Å²) in [4.78, 5) is 26.6. The Kier molecular flexibility index (Phi) is 4.49. The quantitative estimate of drug-likeness (QED) is 0.930. The minimum absolute atomic E-state index is 0.157. The molecule has 1 unspecified atom stereocenters. The van der Waals surface area contributed by atoms with Gasteiger partial charge < -0.3 is 14.7 Å². The summed E-state index contributed by atoms with van der Waals surface area (Å²) in [6, 6.07) is 14.5. The fourth-order valence-corrected chi connectivity index (χ4v) is 3.51. The zero-order chi connectivity index (χ0) is 18.0. The number of carboxylic acid groups (broad SMARTS) is 1. The second kappa shape index (κ2) is 6.59. The third-order valence-electron chi connectivity index (χ3n) is 5.03. The summed E-state index contributed by atoms with van der Waals surface area (Å²) >= 11 is 0. The fourth-order valence-electron chi connectivity index (χ4n) is 3.51. The summed E-state index contributed by atoms with van der Waals surface area (Å²) < 4.78 is 5.28. The Morgan fingerprint density at radius 1 is 1.12 bits per heavy atom. The lowest BCUT2D eigenvalue weighted by Gasteiger charge is -2.25. The lowest BCUT2D eigenvalue weighted by molar-refractivity contribution is -0.143. The van der Waals surface area contributed by atoms with Crippen LogP contribution in [0.2, 0.25) is 0 Å². The minimum atomic E-state index is -1.05. The SMILES string of the molecule is COc1cccc(C(=O)N2CCC(C(=O)O)(c3ccccc3)C2)c1C. The summed E-state index contributed by atoms with van der Waals surface area (Å²) in [5.41, 5.74) is 1.00. The number of carbonyl (C=O) groups excluding carboxylic acids is 1. The molecule has 1 saturated heterocycles. The number of carbonyl (C=O) groups is 2. The van der Waals surface area contributed by atoms with Crippen LogP contribution in [0.3, 0.4) is 0 Å². The molecule has 0 saturated carbocycles. The molecule has 1 amide bonds. The standard InChI is InChI=1S/C20H21NO4/c1-14-16(9-6-10-17(14)25-2)18(22)21-12-11-20(13-21,19(23)24)15-7-4-3-5-8-15/h3-10H,11-13H2,1-2H3,(H,23,24). The number of ether oxygens (including phenoxy) is 1. The van der Waals surface area contributed by atoms with Crippen LogP contribution in [-0.4, -0.2) is 42.1 Å². The van der Waals surface area contributed by atoms with E-state index < -0.39 is 11.4 Å². The van der Waals surface area contributed by atoms with E-state index in [1.165, 1.54) is 0 Å². The first-order valence-corrected chi connectivity index (χ1v) is 8.21. The van der Waals surface area contributed by atoms with Crippen molar-refractivity contribution in [1.82, 2.24) is 4.90 Å². The van der Waals surface area contributed by atoms with Crippen molar-refractivity contribution in [2.75, 3.05) is 20.2 Å². The molecule has 3 rings (SSSR count). The zero-order valence-electron chi connectivity index (χ0n) is 14.4. The first kappa shape index (κ1) is 17.0. The number of hydrogen-bond donors (Lipinski definition) is 1. The smallest absolute Gasteiger partial charge is 0.316 e. The van der Waals surface area contributed by atoms with E-state index in [9.17, 15) is 14.7 Å². The van der Waals surface area contributed by atoms with Gasteiger partial charge in [-0.2, -0.15) is 0 Å². The van der Waals surface area contributed by atoms with Crippen LogP contribution in [0, 0.1) is 6.92 Å². The predicted octanol–water partition coefficient (Wildman–Crippen LogP) is 2.87. The fraction of sp³-hybridized carbons (Fsp3) is 0.300. The van der Waals surface area contributed by atoms with Crippen LogP contribution in [0.25, 0.3) is 0 Å². The maximum Gasteiger partial charge on any atom is 0.316 e. The monoisotopic (exact) mass is 339 g/mol. The van der Waals surface area contributed by atoms with Gasteiger partial charge in [0, 0.05) is 24.2 Å². The zero-order valence-corrected chi connectivity index (χ0v) is 14.4. The average molecular weight is 339 g/mol. The topological polar surface area (TPSA) is 66.8 Å². The van der Waals surface area contributed by atoms with Gasteiger partial charge in [-0.1, -0.05) is 36.4 Å². The first-order valence-electron chi connectivity index (χ1n) is 8.21. The van der Waals surface area contributed by atoms with Gasteiger partial charge in [-0.05, 0) is 31.0 Å². The molecule has 0 aromatic heterocycles. The number of methoxy groups -OCH3 is 1. The van der Waals surface area contributed by atoms with Crippen molar-refractivity contribution in [1.29, 1.82) is 0 Å². The Balaban J connectivity index is 1.91. The first-order chi connectivity index (χ1) is 12.0. The predicted molar refractivity (Wildman–Crippen MR) is 94.0 cm³/mol. The van der Waals surface area contributed by atoms with Gasteiger partial charge in [-0.15, -0.1) is 0 Å². The number of likely N-dealkylation sites (tertiary alicyclic amines) is 1. The van der Waals surface area contributed by atoms with Crippen LogP contribution in [0.5, 0.6) is 5.75 Å². The van der Waals surface area contributed by atoms with Gasteiger partial charge >= 0.3 is 5.97 Å². The Bertz CT molecular complexity index is 803. The molecule has 5 heteroatoms. The molecule has 0 aliphatic carbocycles. The molecule has 1 aliphatic heterocycles. The maximum atomic E-state index is 13.0. The van der Waals surface area contributed by atoms with Gasteiger partial charge in [-0.25, -0.2) is 0 Å². The summed E-state index contributed by atoms with van der Waals surface area (Å²) in [7, 11) is 1.57. The van der Waals surface area contributed by atoms with Crippen molar-refractivity contribution in [2.45, 2.75) is 18.8 Å². The van der Waals surface area contributed by atoms with E-state index in [0.717, 1.165) is 11.1 Å². The molecule has 1 atom stereocenters. The Morgan fingerprint density at radius 3 is 2.48 bits per heavy atom. The van der Waals surface area contributed by atoms with Crippen molar-refractivity contribution in [3.05, 3.63) is 65.2 Å². The van der Waals surface area contributed by atoms with Gasteiger partial charge in [0.1, 0.15) is 11.2 Å². The van der Waals surface area contributed by atoms with Crippen molar-refractivity contribution in [3.63, 3.8) is 0 Å². The van der Waals surface area contributed by atoms with Gasteiger partial charge in [-0.3, -0.25) is 9.59 Å². The number of nitrogens with zero attached hydrogens (tertiary/aromatic N) is 1. The van der Waals surface area contributed by atoms with Gasteiger partial charge in [0.2, 0.25) is 0 Å². The molecule has 1 heterocycles. The number of benzene rings is 2. The van der Waals surface area contributed by atoms with Crippen LogP contribution in [0.15, 0.2) is 48.5 Å². The minimum Gasteiger partial charge on any atom is -0.496 e. The van der Waals surface area contributed by atoms with Crippen molar-refractivity contribution in [2.24, 2.45) is 0 Å². The normalized spacial score (nSPS) is 19.7. The third kappa shape index (κ3) is 2.86. The van der Waals surface area contributed by atoms with Crippen molar-refractivity contribution >= 4 is 11.9 Å². The number of rotatable bonds is 4. The average Bonchev–Trinajstić information content (AvgIpc) is 3.09. The van der Waals surface area contributed by atoms with E-state index in [4.69, 9.17) is 4.74 Å². The van der Waals surface area contributed by atoms with Crippen LogP contribution < -0.4 is 4.74 Å². The highest BCUT2D eigenvalue weighted by Gasteiger charge is 2.47. The third-order valence-corrected chi connectivity index (χ3v) is 5.03. The molecule has 0 spiro atoms. The number of hydrogen-bond acceptors (Lipinski definition) is 3. The summed E-state index contributed by atoms with van der Waals surface area (Å²) in [5, 5.41) is 9.87. The van der Waals surface area contributed by atoms with E-state index in [-0.39, 0.29) is 12.5 Å². The maximum absolute atomic E-state index is 13.0. The molecule has 2 aromatic rings. The van der Waals surface area contributed by atoms with E-state index in [1.54, 1.807) is 24.1 Å². The lowest BCUT2D eigenvalue weighted by Crippen LogP contribution is -2.40. The van der Waals surface area contributed by atoms with Crippen LogP contribution in [0.4, 0.5) is 0 Å². The van der Waals surface area contributed by atoms with E-state index >= 15 is 0 Å². The van der Waals surface area contributed by atoms with Crippen LogP contribution in [-0.2, 0) is 10.2 Å². The highest BCUT2D eigenvalue weighted by atomic mass is 16.5. The number of aliphatic carboxylic acids is 1. The van der Waals surface area contributed by atoms with Gasteiger partial charge in [0.05, 0.1) is 7.11 Å². The van der Waals surface area contributed by atoms with E-state index in [0.29, 0.717) is 24.3 Å². The lowest BCUT2D eigenvalue weighted by atomic mass is 9.80. The van der Waals surface area contributed by atoms with Gasteiger partial charge in [0.15, 0.2) is 0 Å². The Morgan fingerprint density at radius 2 is 1.84 bits per heavy atom. The number of carboxylic acids is 1. The molecule has 5 nitrogen and oxygen atoms in total. The summed E-state index contributed by atoms with van der Waals surface area (Å²) in [6.45, 7) is 2.42. The molecular formula is C20H21NO4. The van der Waals surface area contributed by atoms with Crippen molar-refractivity contribution < 1.29 is 19.4 Å². The molecule has 2 aromatic carbocycles. The largest absolute Gasteiger partial charge is 0.496 e.